The van der Waals surface area contributed by atoms with Crippen molar-refractivity contribution < 1.29 is 19.5 Å². The molecule has 0 aromatic heterocycles. The summed E-state index contributed by atoms with van der Waals surface area (Å²) in [6.45, 7) is 4.31. The van der Waals surface area contributed by atoms with E-state index in [4.69, 9.17) is 0 Å². The van der Waals surface area contributed by atoms with E-state index in [2.05, 4.69) is 13.3 Å². The molecular formula is C4H15PZn. The van der Waals surface area contributed by atoms with E-state index in [1.165, 1.54) is 0 Å². The Morgan fingerprint density at radius 3 is 1.00 bits per heavy atom. The first-order valence-electron chi connectivity index (χ1n) is 1.00. The first kappa shape index (κ1) is 27.7. The van der Waals surface area contributed by atoms with E-state index >= 15 is 0 Å². The van der Waals surface area contributed by atoms with Gasteiger partial charge in [0.1, 0.15) is 0 Å². The first-order chi connectivity index (χ1) is 1.41. The van der Waals surface area contributed by atoms with Crippen LogP contribution in [0.2, 0.25) is 0 Å². The Labute approximate surface area is 56.6 Å². The summed E-state index contributed by atoms with van der Waals surface area (Å²) >= 11 is 0. The molecule has 6 heavy (non-hydrogen) atoms. The van der Waals surface area contributed by atoms with Crippen molar-refractivity contribution in [3.63, 3.8) is 0 Å². The molecule has 0 aliphatic rings. The Morgan fingerprint density at radius 2 is 1.00 bits per heavy atom. The van der Waals surface area contributed by atoms with Gasteiger partial charge in [0.2, 0.25) is 0 Å². The Hall–Kier alpha value is 1.05. The summed E-state index contributed by atoms with van der Waals surface area (Å²) in [5, 5.41) is 0. The third-order valence-electron chi connectivity index (χ3n) is 0. The Bertz CT molecular complexity index is 7.51. The molecule has 0 rings (SSSR count). The third-order valence-corrected chi connectivity index (χ3v) is 0. The van der Waals surface area contributed by atoms with Crippen LogP contribution in [0.15, 0.2) is 0 Å². The smallest absolute Gasteiger partial charge is 0 e. The molecule has 0 bridgehead atoms. The molecule has 0 aromatic rings. The van der Waals surface area contributed by atoms with Crippen molar-refractivity contribution in [2.24, 2.45) is 0 Å². The minimum absolute atomic E-state index is 0. The third kappa shape index (κ3) is 74.8. The van der Waals surface area contributed by atoms with Gasteiger partial charge in [0.15, 0.2) is 0 Å². The fourth-order valence-corrected chi connectivity index (χ4v) is 0. The van der Waals surface area contributed by atoms with Crippen LogP contribution < -0.4 is 0 Å². The van der Waals surface area contributed by atoms with Gasteiger partial charge in [0, 0.05) is 19.5 Å². The van der Waals surface area contributed by atoms with Gasteiger partial charge in [-0.05, 0) is 13.3 Å². The molecule has 0 saturated carbocycles. The molecule has 0 amide bonds. The standard InChI is InChI=1S/C2H7P.2CH4.Zn/c1-3-2;;;/h3H,1-2H3;2*1H4;. The molecule has 0 aliphatic heterocycles. The molecule has 0 unspecified atom stereocenters. The van der Waals surface area contributed by atoms with Crippen molar-refractivity contribution in [1.82, 2.24) is 0 Å². The van der Waals surface area contributed by atoms with Crippen LogP contribution in [-0.4, -0.2) is 13.3 Å². The summed E-state index contributed by atoms with van der Waals surface area (Å²) in [4.78, 5) is 0. The van der Waals surface area contributed by atoms with Crippen molar-refractivity contribution in [3.05, 3.63) is 0 Å². The Kier molecular flexibility index (Phi) is 169. The molecule has 0 heterocycles. The van der Waals surface area contributed by atoms with E-state index in [-0.39, 0.29) is 34.3 Å². The second-order valence-electron chi connectivity index (χ2n) is 0.500. The average molecular weight is 160 g/mol. The average Bonchev–Trinajstić information content (AvgIpc) is 0.918. The number of hydrogen-bond acceptors (Lipinski definition) is 0. The first-order valence-corrected chi connectivity index (χ1v) is 3.00. The largest absolute Gasteiger partial charge is 0.129 e. The van der Waals surface area contributed by atoms with Gasteiger partial charge in [-0.1, -0.05) is 14.9 Å². The van der Waals surface area contributed by atoms with Crippen LogP contribution in [0.3, 0.4) is 0 Å². The van der Waals surface area contributed by atoms with E-state index in [0.29, 0.717) is 0 Å². The van der Waals surface area contributed by atoms with Gasteiger partial charge in [-0.3, -0.25) is 0 Å². The van der Waals surface area contributed by atoms with Crippen LogP contribution in [0, 0.1) is 0 Å². The van der Waals surface area contributed by atoms with E-state index in [1.54, 1.807) is 0 Å². The van der Waals surface area contributed by atoms with E-state index in [0.717, 1.165) is 8.58 Å². The Morgan fingerprint density at radius 1 is 1.00 bits per heavy atom. The summed E-state index contributed by atoms with van der Waals surface area (Å²) in [6, 6.07) is 0. The number of rotatable bonds is 0. The molecule has 0 spiro atoms. The molecular weight excluding hydrogens is 144 g/mol. The van der Waals surface area contributed by atoms with Crippen molar-refractivity contribution >= 4 is 8.58 Å². The van der Waals surface area contributed by atoms with Gasteiger partial charge in [0.25, 0.3) is 0 Å². The maximum atomic E-state index is 2.15. The van der Waals surface area contributed by atoms with Crippen LogP contribution in [0.5, 0.6) is 0 Å². The molecule has 38 valence electrons. The number of hydrogen-bond donors (Lipinski definition) is 0. The van der Waals surface area contributed by atoms with Gasteiger partial charge < -0.3 is 0 Å². The van der Waals surface area contributed by atoms with Crippen LogP contribution in [-0.2, 0) is 19.5 Å². The second-order valence-corrected chi connectivity index (χ2v) is 1.50. The maximum Gasteiger partial charge on any atom is 0 e. The predicted octanol–water partition coefficient (Wildman–Crippen LogP) is 2.19. The fourth-order valence-electron chi connectivity index (χ4n) is 0. The van der Waals surface area contributed by atoms with Crippen molar-refractivity contribution in [2.45, 2.75) is 14.9 Å². The summed E-state index contributed by atoms with van der Waals surface area (Å²) in [5.74, 6) is 0. The molecule has 0 fully saturated rings. The normalized spacial score (nSPS) is 3.00. The fraction of sp³-hybridized carbons (Fsp3) is 1.00. The van der Waals surface area contributed by atoms with Crippen LogP contribution in [0.25, 0.3) is 0 Å². The predicted molar refractivity (Wildman–Crippen MR) is 33.6 cm³/mol. The molecule has 0 N–H and O–H groups in total. The molecule has 0 aliphatic carbocycles. The van der Waals surface area contributed by atoms with E-state index in [1.807, 2.05) is 0 Å². The monoisotopic (exact) mass is 158 g/mol. The molecule has 0 nitrogen and oxygen atoms in total. The summed E-state index contributed by atoms with van der Waals surface area (Å²) < 4.78 is 0. The molecule has 2 heteroatoms. The minimum atomic E-state index is 0. The second kappa shape index (κ2) is 36.7. The van der Waals surface area contributed by atoms with Gasteiger partial charge in [-0.15, -0.1) is 8.58 Å². The zero-order valence-electron chi connectivity index (χ0n) is 3.21. The van der Waals surface area contributed by atoms with Crippen LogP contribution in [0.4, 0.5) is 0 Å². The van der Waals surface area contributed by atoms with Crippen LogP contribution in [0.1, 0.15) is 14.9 Å². The van der Waals surface area contributed by atoms with Crippen LogP contribution >= 0.6 is 8.58 Å². The van der Waals surface area contributed by atoms with Gasteiger partial charge in [-0.2, -0.15) is 0 Å². The van der Waals surface area contributed by atoms with Crippen molar-refractivity contribution in [2.75, 3.05) is 13.3 Å². The summed E-state index contributed by atoms with van der Waals surface area (Å²) in [6.07, 6.45) is 0. The van der Waals surface area contributed by atoms with E-state index in [9.17, 15) is 0 Å². The zero-order chi connectivity index (χ0) is 2.71. The van der Waals surface area contributed by atoms with Crippen molar-refractivity contribution in [3.8, 4) is 0 Å². The maximum absolute atomic E-state index is 2.15. The quantitative estimate of drug-likeness (QED) is 0.376. The molecule has 0 atom stereocenters. The van der Waals surface area contributed by atoms with Crippen molar-refractivity contribution in [1.29, 1.82) is 0 Å². The Balaban J connectivity index is -0.00000000667. The molecule has 0 saturated heterocycles. The molecule has 0 aromatic carbocycles. The summed E-state index contributed by atoms with van der Waals surface area (Å²) in [5.41, 5.74) is 0. The van der Waals surface area contributed by atoms with E-state index < -0.39 is 0 Å². The SMILES string of the molecule is C.C.CPC.[Zn]. The van der Waals surface area contributed by atoms with Gasteiger partial charge >= 0.3 is 0 Å². The van der Waals surface area contributed by atoms with Gasteiger partial charge in [-0.25, -0.2) is 0 Å². The molecule has 0 radical (unpaired) electrons. The topological polar surface area (TPSA) is 0 Å². The summed E-state index contributed by atoms with van der Waals surface area (Å²) in [7, 11) is 1.08. The van der Waals surface area contributed by atoms with Gasteiger partial charge in [0.05, 0.1) is 0 Å². The zero-order valence-corrected chi connectivity index (χ0v) is 7.17. The minimum Gasteiger partial charge on any atom is -0.129 e.